The SMILES string of the molecule is Cl.O=C(CCc1ccccc1Cl)OCC[SH]1C=CC=C1. The van der Waals surface area contributed by atoms with Crippen LogP contribution in [-0.4, -0.2) is 18.3 Å². The smallest absolute Gasteiger partial charge is 0.306 e. The molecule has 0 fully saturated rings. The number of carbonyl (C=O) groups is 1. The fourth-order valence-corrected chi connectivity index (χ4v) is 3.36. The molecule has 20 heavy (non-hydrogen) atoms. The number of aryl methyl sites for hydroxylation is 1. The normalized spacial score (nSPS) is 14.2. The molecule has 110 valence electrons. The van der Waals surface area contributed by atoms with Gasteiger partial charge in [0.15, 0.2) is 0 Å². The van der Waals surface area contributed by atoms with Crippen LogP contribution in [0.2, 0.25) is 5.02 Å². The van der Waals surface area contributed by atoms with Crippen molar-refractivity contribution in [3.63, 3.8) is 0 Å². The van der Waals surface area contributed by atoms with Crippen LogP contribution in [0, 0.1) is 0 Å². The summed E-state index contributed by atoms with van der Waals surface area (Å²) in [4.78, 5) is 11.6. The molecule has 0 radical (unpaired) electrons. The van der Waals surface area contributed by atoms with Gasteiger partial charge in [0, 0.05) is 17.2 Å². The quantitative estimate of drug-likeness (QED) is 0.621. The molecule has 2 rings (SSSR count). The van der Waals surface area contributed by atoms with Gasteiger partial charge < -0.3 is 4.74 Å². The zero-order valence-corrected chi connectivity index (χ0v) is 13.5. The molecule has 0 unspecified atom stereocenters. The lowest BCUT2D eigenvalue weighted by Gasteiger charge is -2.10. The molecule has 0 amide bonds. The van der Waals surface area contributed by atoms with Gasteiger partial charge in [-0.3, -0.25) is 4.79 Å². The molecular weight excluding hydrogens is 315 g/mol. The van der Waals surface area contributed by atoms with Crippen molar-refractivity contribution in [3.05, 3.63) is 57.8 Å². The maximum Gasteiger partial charge on any atom is 0.306 e. The van der Waals surface area contributed by atoms with Gasteiger partial charge in [0.1, 0.15) is 0 Å². The van der Waals surface area contributed by atoms with Gasteiger partial charge in [-0.05, 0) is 28.9 Å². The Labute approximate surface area is 133 Å². The van der Waals surface area contributed by atoms with E-state index in [-0.39, 0.29) is 29.3 Å². The summed E-state index contributed by atoms with van der Waals surface area (Å²) >= 11 is 6.03. The zero-order valence-electron chi connectivity index (χ0n) is 11.0. The average molecular weight is 333 g/mol. The summed E-state index contributed by atoms with van der Waals surface area (Å²) in [6, 6.07) is 7.58. The number of rotatable bonds is 6. The minimum absolute atomic E-state index is 0. The Morgan fingerprint density at radius 1 is 1.20 bits per heavy atom. The minimum Gasteiger partial charge on any atom is -0.465 e. The first-order valence-electron chi connectivity index (χ1n) is 6.25. The Hall–Kier alpha value is -0.900. The zero-order chi connectivity index (χ0) is 13.5. The van der Waals surface area contributed by atoms with Crippen molar-refractivity contribution in [1.29, 1.82) is 0 Å². The molecule has 0 N–H and O–H groups in total. The highest BCUT2D eigenvalue weighted by Gasteiger charge is 2.07. The van der Waals surface area contributed by atoms with Crippen molar-refractivity contribution in [2.24, 2.45) is 0 Å². The molecule has 1 aromatic carbocycles. The van der Waals surface area contributed by atoms with Crippen LogP contribution < -0.4 is 0 Å². The predicted molar refractivity (Wildman–Crippen MR) is 90.1 cm³/mol. The summed E-state index contributed by atoms with van der Waals surface area (Å²) in [7, 11) is -0.193. The summed E-state index contributed by atoms with van der Waals surface area (Å²) in [6.07, 6.45) is 5.11. The van der Waals surface area contributed by atoms with Gasteiger partial charge in [-0.1, -0.05) is 42.0 Å². The Morgan fingerprint density at radius 3 is 2.60 bits per heavy atom. The van der Waals surface area contributed by atoms with E-state index >= 15 is 0 Å². The summed E-state index contributed by atoms with van der Waals surface area (Å²) in [6.45, 7) is 0.502. The molecule has 0 saturated heterocycles. The Kier molecular flexibility index (Phi) is 7.82. The highest BCUT2D eigenvalue weighted by molar-refractivity contribution is 8.22. The van der Waals surface area contributed by atoms with Crippen LogP contribution >= 0.6 is 34.9 Å². The van der Waals surface area contributed by atoms with Gasteiger partial charge in [0.25, 0.3) is 0 Å². The second kappa shape index (κ2) is 9.11. The van der Waals surface area contributed by atoms with Crippen LogP contribution in [0.1, 0.15) is 12.0 Å². The molecule has 2 nitrogen and oxygen atoms in total. The molecule has 1 aliphatic heterocycles. The maximum absolute atomic E-state index is 11.6. The van der Waals surface area contributed by atoms with E-state index in [1.807, 2.05) is 36.4 Å². The number of esters is 1. The number of thiol groups is 1. The first kappa shape index (κ1) is 17.2. The van der Waals surface area contributed by atoms with Crippen molar-refractivity contribution in [2.45, 2.75) is 12.8 Å². The number of benzene rings is 1. The van der Waals surface area contributed by atoms with Gasteiger partial charge >= 0.3 is 5.97 Å². The fourth-order valence-electron chi connectivity index (χ4n) is 1.79. The van der Waals surface area contributed by atoms with Crippen molar-refractivity contribution in [3.8, 4) is 0 Å². The maximum atomic E-state index is 11.6. The van der Waals surface area contributed by atoms with Crippen LogP contribution in [-0.2, 0) is 16.0 Å². The monoisotopic (exact) mass is 332 g/mol. The van der Waals surface area contributed by atoms with Gasteiger partial charge in [-0.2, -0.15) is 0 Å². The summed E-state index contributed by atoms with van der Waals surface area (Å²) in [5, 5.41) is 5.06. The van der Waals surface area contributed by atoms with Crippen LogP contribution in [0.4, 0.5) is 0 Å². The van der Waals surface area contributed by atoms with E-state index < -0.39 is 0 Å². The molecule has 0 saturated carbocycles. The highest BCUT2D eigenvalue weighted by Crippen LogP contribution is 2.31. The summed E-state index contributed by atoms with van der Waals surface area (Å²) in [5.74, 6) is 0.766. The van der Waals surface area contributed by atoms with Crippen LogP contribution in [0.3, 0.4) is 0 Å². The Bertz CT molecular complexity index is 488. The molecule has 0 atom stereocenters. The van der Waals surface area contributed by atoms with Gasteiger partial charge in [-0.15, -0.1) is 12.4 Å². The highest BCUT2D eigenvalue weighted by atomic mass is 35.5. The van der Waals surface area contributed by atoms with Crippen molar-refractivity contribution in [2.75, 3.05) is 12.4 Å². The average Bonchev–Trinajstić information content (AvgIpc) is 2.91. The Balaban J connectivity index is 0.00000200. The molecular formula is C15H18Cl2O2S. The lowest BCUT2D eigenvalue weighted by Crippen LogP contribution is -2.09. The lowest BCUT2D eigenvalue weighted by molar-refractivity contribution is -0.142. The van der Waals surface area contributed by atoms with Crippen LogP contribution in [0.25, 0.3) is 0 Å². The van der Waals surface area contributed by atoms with E-state index in [1.165, 1.54) is 0 Å². The van der Waals surface area contributed by atoms with Crippen molar-refractivity contribution < 1.29 is 9.53 Å². The molecule has 0 aromatic heterocycles. The molecule has 0 aliphatic carbocycles. The van der Waals surface area contributed by atoms with Crippen molar-refractivity contribution in [1.82, 2.24) is 0 Å². The number of ether oxygens (including phenoxy) is 1. The molecule has 0 spiro atoms. The number of allylic oxidation sites excluding steroid dienone is 2. The van der Waals surface area contributed by atoms with E-state index in [4.69, 9.17) is 16.3 Å². The third-order valence-electron chi connectivity index (χ3n) is 2.84. The largest absolute Gasteiger partial charge is 0.465 e. The van der Waals surface area contributed by atoms with E-state index in [1.54, 1.807) is 0 Å². The van der Waals surface area contributed by atoms with E-state index in [0.717, 1.165) is 11.3 Å². The standard InChI is InChI=1S/C15H17ClO2S.ClH/c16-14-6-2-1-5-13(14)7-8-15(17)18-9-12-19-10-3-4-11-19;/h1-6,10-11,19H,7-9,12H2;1H. The van der Waals surface area contributed by atoms with E-state index in [0.29, 0.717) is 24.5 Å². The molecule has 1 heterocycles. The number of hydrogen-bond acceptors (Lipinski definition) is 2. The number of hydrogen-bond donors (Lipinski definition) is 1. The lowest BCUT2D eigenvalue weighted by atomic mass is 10.1. The van der Waals surface area contributed by atoms with Gasteiger partial charge in [0.05, 0.1) is 6.61 Å². The first-order chi connectivity index (χ1) is 9.25. The fraction of sp³-hybridized carbons (Fsp3) is 0.267. The van der Waals surface area contributed by atoms with Crippen LogP contribution in [0.15, 0.2) is 47.2 Å². The molecule has 1 aromatic rings. The number of halogens is 2. The van der Waals surface area contributed by atoms with Gasteiger partial charge in [-0.25, -0.2) is 10.9 Å². The van der Waals surface area contributed by atoms with E-state index in [2.05, 4.69) is 10.8 Å². The predicted octanol–water partition coefficient (Wildman–Crippen LogP) is 4.28. The first-order valence-corrected chi connectivity index (χ1v) is 8.30. The van der Waals surface area contributed by atoms with Gasteiger partial charge in [0.2, 0.25) is 0 Å². The molecule has 0 bridgehead atoms. The number of carbonyl (C=O) groups excluding carboxylic acids is 1. The third kappa shape index (κ3) is 5.61. The topological polar surface area (TPSA) is 26.3 Å². The molecule has 1 aliphatic rings. The summed E-state index contributed by atoms with van der Waals surface area (Å²) in [5.41, 5.74) is 0.993. The van der Waals surface area contributed by atoms with Crippen LogP contribution in [0.5, 0.6) is 0 Å². The second-order valence-corrected chi connectivity index (χ2v) is 6.71. The Morgan fingerprint density at radius 2 is 1.90 bits per heavy atom. The third-order valence-corrected chi connectivity index (χ3v) is 5.01. The minimum atomic E-state index is -0.193. The summed E-state index contributed by atoms with van der Waals surface area (Å²) < 4.78 is 5.23. The van der Waals surface area contributed by atoms with E-state index in [9.17, 15) is 4.79 Å². The van der Waals surface area contributed by atoms with Crippen molar-refractivity contribution >= 4 is 40.9 Å². The second-order valence-electron chi connectivity index (χ2n) is 4.23. The molecule has 5 heteroatoms.